The Kier molecular flexibility index (Phi) is 1.51. The van der Waals surface area contributed by atoms with Crippen molar-refractivity contribution in [3.8, 4) is 0 Å². The molecule has 1 aromatic heterocycles. The molecule has 1 aromatic rings. The van der Waals surface area contributed by atoms with Crippen molar-refractivity contribution < 1.29 is 0 Å². The van der Waals surface area contributed by atoms with Gasteiger partial charge < -0.3 is 5.73 Å². The summed E-state index contributed by atoms with van der Waals surface area (Å²) < 4.78 is 0. The first-order valence-corrected chi connectivity index (χ1v) is 4.52. The van der Waals surface area contributed by atoms with Crippen LogP contribution >= 0.6 is 11.3 Å². The molecule has 1 heterocycles. The topological polar surface area (TPSA) is 26.0 Å². The Morgan fingerprint density at radius 1 is 1.50 bits per heavy atom. The average Bonchev–Trinajstić information content (AvgIpc) is 2.42. The van der Waals surface area contributed by atoms with Crippen LogP contribution in [0.1, 0.15) is 21.7 Å². The van der Waals surface area contributed by atoms with Gasteiger partial charge in [-0.05, 0) is 30.9 Å². The summed E-state index contributed by atoms with van der Waals surface area (Å²) in [5.41, 5.74) is 7.08. The number of fused-ring (bicyclic) bond motifs is 1. The van der Waals surface area contributed by atoms with Gasteiger partial charge in [-0.3, -0.25) is 0 Å². The van der Waals surface area contributed by atoms with E-state index in [9.17, 15) is 0 Å². The third kappa shape index (κ3) is 0.879. The van der Waals surface area contributed by atoms with Crippen molar-refractivity contribution in [2.75, 3.05) is 0 Å². The van der Waals surface area contributed by atoms with Crippen molar-refractivity contribution in [2.45, 2.75) is 25.8 Å². The van der Waals surface area contributed by atoms with Crippen LogP contribution in [0.3, 0.4) is 0 Å². The lowest BCUT2D eigenvalue weighted by atomic mass is 10.2. The number of hydrogen-bond donors (Lipinski definition) is 1. The fourth-order valence-corrected chi connectivity index (χ4v) is 2.63. The van der Waals surface area contributed by atoms with Crippen LogP contribution in [0.4, 0.5) is 0 Å². The first-order chi connectivity index (χ1) is 4.90. The third-order valence-electron chi connectivity index (χ3n) is 2.00. The monoisotopic (exact) mass is 153 g/mol. The maximum Gasteiger partial charge on any atom is 0.0273 e. The number of nitrogens with two attached hydrogens (primary N) is 1. The third-order valence-corrected chi connectivity index (χ3v) is 3.26. The highest BCUT2D eigenvalue weighted by Crippen LogP contribution is 2.29. The molecule has 1 aliphatic carbocycles. The van der Waals surface area contributed by atoms with Gasteiger partial charge in [0.2, 0.25) is 0 Å². The molecule has 0 saturated carbocycles. The highest BCUT2D eigenvalue weighted by molar-refractivity contribution is 7.12. The first kappa shape index (κ1) is 6.38. The Labute approximate surface area is 64.9 Å². The van der Waals surface area contributed by atoms with Gasteiger partial charge in [-0.2, -0.15) is 0 Å². The molecule has 0 bridgehead atoms. The van der Waals surface area contributed by atoms with Crippen molar-refractivity contribution in [2.24, 2.45) is 5.73 Å². The molecule has 1 nitrogen and oxygen atoms in total. The molecule has 54 valence electrons. The lowest BCUT2D eigenvalue weighted by Gasteiger charge is -1.86. The van der Waals surface area contributed by atoms with Crippen LogP contribution in [0.15, 0.2) is 6.07 Å². The van der Waals surface area contributed by atoms with E-state index in [0.717, 1.165) is 6.54 Å². The van der Waals surface area contributed by atoms with Gasteiger partial charge in [-0.1, -0.05) is 0 Å². The predicted octanol–water partition coefficient (Wildman–Crippen LogP) is 1.70. The van der Waals surface area contributed by atoms with Crippen molar-refractivity contribution in [1.29, 1.82) is 0 Å². The summed E-state index contributed by atoms with van der Waals surface area (Å²) in [6.45, 7) is 0.720. The van der Waals surface area contributed by atoms with Crippen LogP contribution in [0.25, 0.3) is 0 Å². The van der Waals surface area contributed by atoms with E-state index in [0.29, 0.717) is 0 Å². The molecular weight excluding hydrogens is 142 g/mol. The van der Waals surface area contributed by atoms with E-state index in [2.05, 4.69) is 6.07 Å². The van der Waals surface area contributed by atoms with Gasteiger partial charge in [-0.15, -0.1) is 11.3 Å². The molecule has 0 aromatic carbocycles. The molecule has 2 heteroatoms. The van der Waals surface area contributed by atoms with Gasteiger partial charge in [-0.25, -0.2) is 0 Å². The minimum atomic E-state index is 0.720. The largest absolute Gasteiger partial charge is 0.326 e. The van der Waals surface area contributed by atoms with E-state index in [1.807, 2.05) is 11.3 Å². The number of rotatable bonds is 1. The second-order valence-corrected chi connectivity index (χ2v) is 3.94. The molecule has 10 heavy (non-hydrogen) atoms. The van der Waals surface area contributed by atoms with Crippen LogP contribution in [0.2, 0.25) is 0 Å². The summed E-state index contributed by atoms with van der Waals surface area (Å²) in [6.07, 6.45) is 3.93. The molecule has 0 aliphatic heterocycles. The van der Waals surface area contributed by atoms with Crippen LogP contribution in [-0.4, -0.2) is 0 Å². The van der Waals surface area contributed by atoms with Crippen LogP contribution in [0, 0.1) is 0 Å². The minimum absolute atomic E-state index is 0.720. The highest BCUT2D eigenvalue weighted by Gasteiger charge is 2.13. The molecule has 2 N–H and O–H groups in total. The summed E-state index contributed by atoms with van der Waals surface area (Å²) in [7, 11) is 0. The molecule has 2 rings (SSSR count). The van der Waals surface area contributed by atoms with E-state index in [4.69, 9.17) is 5.73 Å². The second-order valence-electron chi connectivity index (χ2n) is 2.72. The summed E-state index contributed by atoms with van der Waals surface area (Å²) in [5, 5.41) is 0. The average molecular weight is 153 g/mol. The molecule has 0 unspecified atom stereocenters. The molecule has 0 saturated heterocycles. The Balaban J connectivity index is 2.37. The normalized spacial score (nSPS) is 15.7. The van der Waals surface area contributed by atoms with Crippen LogP contribution in [-0.2, 0) is 19.4 Å². The predicted molar refractivity (Wildman–Crippen MR) is 44.2 cm³/mol. The smallest absolute Gasteiger partial charge is 0.0273 e. The molecule has 0 radical (unpaired) electrons. The number of hydrogen-bond acceptors (Lipinski definition) is 2. The van der Waals surface area contributed by atoms with Gasteiger partial charge in [0.25, 0.3) is 0 Å². The van der Waals surface area contributed by atoms with Crippen molar-refractivity contribution in [1.82, 2.24) is 0 Å². The fraction of sp³-hybridized carbons (Fsp3) is 0.500. The van der Waals surface area contributed by atoms with Crippen molar-refractivity contribution in [3.63, 3.8) is 0 Å². The zero-order valence-corrected chi connectivity index (χ0v) is 6.71. The van der Waals surface area contributed by atoms with E-state index >= 15 is 0 Å². The van der Waals surface area contributed by atoms with Gasteiger partial charge in [0.05, 0.1) is 0 Å². The standard InChI is InChI=1S/C8H11NS/c9-5-7-4-6-2-1-3-8(6)10-7/h4H,1-3,5,9H2. The van der Waals surface area contributed by atoms with Crippen LogP contribution < -0.4 is 5.73 Å². The van der Waals surface area contributed by atoms with E-state index in [1.165, 1.54) is 24.1 Å². The fourth-order valence-electron chi connectivity index (χ4n) is 1.49. The van der Waals surface area contributed by atoms with Crippen molar-refractivity contribution >= 4 is 11.3 Å². The van der Waals surface area contributed by atoms with Crippen molar-refractivity contribution in [3.05, 3.63) is 21.4 Å². The quantitative estimate of drug-likeness (QED) is 0.653. The Hall–Kier alpha value is -0.340. The van der Waals surface area contributed by atoms with E-state index in [-0.39, 0.29) is 0 Å². The highest BCUT2D eigenvalue weighted by atomic mass is 32.1. The molecule has 0 atom stereocenters. The van der Waals surface area contributed by atoms with Gasteiger partial charge >= 0.3 is 0 Å². The molecule has 0 amide bonds. The van der Waals surface area contributed by atoms with Gasteiger partial charge in [0.15, 0.2) is 0 Å². The first-order valence-electron chi connectivity index (χ1n) is 3.70. The van der Waals surface area contributed by atoms with Crippen LogP contribution in [0.5, 0.6) is 0 Å². The molecule has 1 aliphatic rings. The number of aryl methyl sites for hydroxylation is 2. The summed E-state index contributed by atoms with van der Waals surface area (Å²) >= 11 is 1.90. The van der Waals surface area contributed by atoms with Gasteiger partial charge in [0.1, 0.15) is 0 Å². The SMILES string of the molecule is NCc1cc2c(s1)CCC2. The second kappa shape index (κ2) is 2.36. The summed E-state index contributed by atoms with van der Waals surface area (Å²) in [5.74, 6) is 0. The summed E-state index contributed by atoms with van der Waals surface area (Å²) in [4.78, 5) is 2.94. The van der Waals surface area contributed by atoms with E-state index in [1.54, 1.807) is 10.4 Å². The lowest BCUT2D eigenvalue weighted by Crippen LogP contribution is -1.91. The number of thiophene rings is 1. The summed E-state index contributed by atoms with van der Waals surface area (Å²) in [6, 6.07) is 2.27. The Morgan fingerprint density at radius 2 is 2.40 bits per heavy atom. The molecule has 0 fully saturated rings. The zero-order valence-electron chi connectivity index (χ0n) is 5.89. The zero-order chi connectivity index (χ0) is 6.97. The van der Waals surface area contributed by atoms with E-state index < -0.39 is 0 Å². The minimum Gasteiger partial charge on any atom is -0.326 e. The Morgan fingerprint density at radius 3 is 3.10 bits per heavy atom. The molecule has 0 spiro atoms. The Bertz CT molecular complexity index is 218. The maximum absolute atomic E-state index is 5.52. The maximum atomic E-state index is 5.52. The van der Waals surface area contributed by atoms with Gasteiger partial charge in [0, 0.05) is 16.3 Å². The lowest BCUT2D eigenvalue weighted by molar-refractivity contribution is 0.912. The molecular formula is C8H11NS.